The lowest BCUT2D eigenvalue weighted by Crippen LogP contribution is -2.26. The van der Waals surface area contributed by atoms with Gasteiger partial charge in [-0.1, -0.05) is 41.9 Å². The molecular formula is C75H63Br2IN16O8. The molecule has 512 valence electrons. The van der Waals surface area contributed by atoms with Crippen LogP contribution in [0.15, 0.2) is 156 Å². The fourth-order valence-electron chi connectivity index (χ4n) is 8.73. The summed E-state index contributed by atoms with van der Waals surface area (Å²) in [5.74, 6) is 22.7. The van der Waals surface area contributed by atoms with E-state index in [1.807, 2.05) is 65.8 Å². The van der Waals surface area contributed by atoms with Gasteiger partial charge in [-0.2, -0.15) is 0 Å². The second kappa shape index (κ2) is 35.4. The molecule has 14 rings (SSSR count). The maximum atomic E-state index is 12.2. The highest BCUT2D eigenvalue weighted by molar-refractivity contribution is 14.1. The van der Waals surface area contributed by atoms with Crippen molar-refractivity contribution in [1.82, 2.24) is 78.9 Å². The average molecular weight is 1600 g/mol. The number of carbonyl (C=O) groups is 2. The number of pyridine rings is 4. The van der Waals surface area contributed by atoms with E-state index in [0.29, 0.717) is 67.5 Å². The summed E-state index contributed by atoms with van der Waals surface area (Å²) in [5, 5.41) is 0. The van der Waals surface area contributed by atoms with Gasteiger partial charge in [0.25, 0.3) is 0 Å². The van der Waals surface area contributed by atoms with E-state index in [1.165, 1.54) is 15.3 Å². The highest BCUT2D eigenvalue weighted by Gasteiger charge is 2.22. The van der Waals surface area contributed by atoms with E-state index >= 15 is 0 Å². The van der Waals surface area contributed by atoms with Gasteiger partial charge in [-0.15, -0.1) is 6.42 Å². The van der Waals surface area contributed by atoms with E-state index in [1.54, 1.807) is 139 Å². The predicted octanol–water partition coefficient (Wildman–Crippen LogP) is 13.3. The highest BCUT2D eigenvalue weighted by atomic mass is 127. The first kappa shape index (κ1) is 74.6. The first-order chi connectivity index (χ1) is 49.0. The first-order valence-corrected chi connectivity index (χ1v) is 33.5. The number of nitrogens with zero attached hydrogens (tertiary/aromatic N) is 16. The molecule has 0 aromatic carbocycles. The van der Waals surface area contributed by atoms with Crippen LogP contribution in [0.1, 0.15) is 115 Å². The lowest BCUT2D eigenvalue weighted by Gasteiger charge is -2.19. The van der Waals surface area contributed by atoms with Crippen molar-refractivity contribution in [2.45, 2.75) is 72.0 Å². The number of hydrogen-bond donors (Lipinski definition) is 0. The molecule has 0 spiro atoms. The number of terminal acetylenes is 1. The lowest BCUT2D eigenvalue weighted by molar-refractivity contribution is 0.0532. The number of fused-ring (bicyclic) bond motifs is 5. The average Bonchev–Trinajstić information content (AvgIpc) is 1.64. The number of carbonyl (C=O) groups excluding carboxylic acids is 2. The summed E-state index contributed by atoms with van der Waals surface area (Å²) in [5.41, 5.74) is 12.0. The van der Waals surface area contributed by atoms with Crippen molar-refractivity contribution in [2.75, 3.05) is 28.4 Å². The quantitative estimate of drug-likeness (QED) is 0.117. The Morgan fingerprint density at radius 1 is 0.471 bits per heavy atom. The Labute approximate surface area is 618 Å². The van der Waals surface area contributed by atoms with Crippen molar-refractivity contribution in [3.05, 3.63) is 230 Å². The van der Waals surface area contributed by atoms with Crippen molar-refractivity contribution in [3.63, 3.8) is 0 Å². The predicted molar refractivity (Wildman–Crippen MR) is 400 cm³/mol. The molecule has 0 amide bonds. The van der Waals surface area contributed by atoms with Crippen molar-refractivity contribution in [3.8, 4) is 71.4 Å². The molecule has 0 fully saturated rings. The van der Waals surface area contributed by atoms with Crippen LogP contribution >= 0.6 is 54.5 Å². The van der Waals surface area contributed by atoms with Crippen molar-refractivity contribution in [2.24, 2.45) is 0 Å². The fourth-order valence-corrected chi connectivity index (χ4v) is 9.97. The molecule has 11 aromatic heterocycles. The summed E-state index contributed by atoms with van der Waals surface area (Å²) in [6, 6.07) is 17.6. The van der Waals surface area contributed by atoms with Crippen LogP contribution in [0.4, 0.5) is 9.59 Å². The molecular weight excluding hydrogens is 1540 g/mol. The van der Waals surface area contributed by atoms with Crippen LogP contribution in [-0.2, 0) is 28.7 Å². The molecule has 0 saturated carbocycles. The Morgan fingerprint density at radius 2 is 0.863 bits per heavy atom. The third-order valence-electron chi connectivity index (χ3n) is 13.3. The molecule has 0 bridgehead atoms. The summed E-state index contributed by atoms with van der Waals surface area (Å²) < 4.78 is 35.9. The fraction of sp³-hybridized carbons (Fsp3) is 0.200. The van der Waals surface area contributed by atoms with Crippen LogP contribution in [0.25, 0.3) is 38.1 Å². The van der Waals surface area contributed by atoms with E-state index in [2.05, 4.69) is 184 Å². The standard InChI is InChI=1S/C19H18N4O3.C15H10IN3O.C15H11N3O.C11H12BrN3O2.C8H7NO.C7H5BrN2/c1-19(2,3)26-18(24)23-10-8-15-17(23)21-12-14(22-15)6-5-13-7-9-20-16(11-13)25-4;1-20-14-8-10(6-7-17-14)2-3-11-9-18-13-5-4-12(16)15(13)19-11;1-19-15-9-11(7-8-16-15)5-6-12-10-17-13-3-2-4-14(13)18-12;1-11(2,3)17-10(16)15-5-4-7-9(15)13-6-8(12)14-7;1-3-7-4-5-9-8(6-7)10-2;8-7-4-9-5-2-1-3-6(5)10-7/h7-12H,1-4H3;4,6-9H,5H2,1H3;2,4,7-10H,3H2,1H3;4-6H,1-3H3;1,4-6H,2H3;1,3-4H,2H2. The van der Waals surface area contributed by atoms with Gasteiger partial charge in [0.15, 0.2) is 11.3 Å². The third-order valence-corrected chi connectivity index (χ3v) is 15.0. The van der Waals surface area contributed by atoms with E-state index in [9.17, 15) is 9.59 Å². The molecule has 0 radical (unpaired) electrons. The van der Waals surface area contributed by atoms with Crippen LogP contribution < -0.4 is 18.9 Å². The second-order valence-corrected chi connectivity index (χ2v) is 25.9. The minimum atomic E-state index is -0.585. The maximum Gasteiger partial charge on any atom is 0.420 e. The van der Waals surface area contributed by atoms with Gasteiger partial charge in [0.2, 0.25) is 23.5 Å². The molecule has 3 aliphatic carbocycles. The van der Waals surface area contributed by atoms with Gasteiger partial charge in [-0.25, -0.2) is 73.5 Å². The third kappa shape index (κ3) is 21.9. The van der Waals surface area contributed by atoms with Gasteiger partial charge < -0.3 is 28.4 Å². The minimum absolute atomic E-state index is 0.426. The Hall–Kier alpha value is -11.6. The van der Waals surface area contributed by atoms with Crippen LogP contribution in [0.5, 0.6) is 23.5 Å². The van der Waals surface area contributed by atoms with Gasteiger partial charge >= 0.3 is 12.2 Å². The van der Waals surface area contributed by atoms with Gasteiger partial charge in [0, 0.05) is 107 Å². The molecule has 102 heavy (non-hydrogen) atoms. The van der Waals surface area contributed by atoms with Crippen molar-refractivity contribution < 1.29 is 38.0 Å². The topological polar surface area (TPSA) is 280 Å². The monoisotopic (exact) mass is 1600 g/mol. The smallest absolute Gasteiger partial charge is 0.420 e. The van der Waals surface area contributed by atoms with Crippen LogP contribution in [0, 0.1) is 47.9 Å². The Bertz CT molecular complexity index is 5240. The SMILES string of the molecule is Brc1cnc2c(n1)C=CC2.C#Cc1ccnc(OC)c1.CC(C)(C)OC(=O)n1ccc2nc(Br)cnc21.COc1cc(C#Cc2cnc3c(ccn3C(=O)OC(C)(C)C)n2)ccn1.COc1cc(C#Cc2cnc3c(n2)C(I)=CC3)ccn1.COc1cc(C#Cc2cnc3c(n2)C=CC3)ccn1. The summed E-state index contributed by atoms with van der Waals surface area (Å²) >= 11 is 8.76. The van der Waals surface area contributed by atoms with Crippen molar-refractivity contribution in [1.29, 1.82) is 0 Å². The number of allylic oxidation sites excluding steroid dienone is 3. The Balaban J connectivity index is 0.000000146. The minimum Gasteiger partial charge on any atom is -0.481 e. The van der Waals surface area contributed by atoms with Crippen LogP contribution in [-0.4, -0.2) is 131 Å². The molecule has 27 heteroatoms. The molecule has 0 unspecified atom stereocenters. The summed E-state index contributed by atoms with van der Waals surface area (Å²) in [4.78, 5) is 83.3. The first-order valence-electron chi connectivity index (χ1n) is 30.8. The summed E-state index contributed by atoms with van der Waals surface area (Å²) in [6.07, 6.45) is 35.0. The molecule has 11 aromatic rings. The zero-order valence-electron chi connectivity index (χ0n) is 56.8. The Kier molecular flexibility index (Phi) is 25.9. The maximum absolute atomic E-state index is 12.2. The molecule has 0 saturated heterocycles. The molecule has 0 atom stereocenters. The van der Waals surface area contributed by atoms with E-state index in [0.717, 1.165) is 83.9 Å². The van der Waals surface area contributed by atoms with E-state index in [4.69, 9.17) is 34.8 Å². The van der Waals surface area contributed by atoms with Gasteiger partial charge in [0.1, 0.15) is 48.5 Å². The highest BCUT2D eigenvalue weighted by Crippen LogP contribution is 2.29. The number of methoxy groups -OCH3 is 4. The van der Waals surface area contributed by atoms with Crippen LogP contribution in [0.3, 0.4) is 0 Å². The summed E-state index contributed by atoms with van der Waals surface area (Å²) in [7, 11) is 6.27. The van der Waals surface area contributed by atoms with Crippen LogP contribution in [0.2, 0.25) is 0 Å². The molecule has 3 aliphatic rings. The summed E-state index contributed by atoms with van der Waals surface area (Å²) in [6.45, 7) is 10.9. The largest absolute Gasteiger partial charge is 0.481 e. The number of ether oxygens (including phenoxy) is 6. The van der Waals surface area contributed by atoms with Gasteiger partial charge in [0.05, 0.1) is 93.6 Å². The van der Waals surface area contributed by atoms with Gasteiger partial charge in [-0.05, 0) is 162 Å². The molecule has 24 nitrogen and oxygen atoms in total. The zero-order chi connectivity index (χ0) is 72.8. The second-order valence-electron chi connectivity index (χ2n) is 23.1. The van der Waals surface area contributed by atoms with E-state index < -0.39 is 23.4 Å². The van der Waals surface area contributed by atoms with Crippen molar-refractivity contribution >= 4 is 105 Å². The number of rotatable bonds is 4. The zero-order valence-corrected chi connectivity index (χ0v) is 62.1. The number of aromatic nitrogens is 16. The molecule has 0 N–H and O–H groups in total. The lowest BCUT2D eigenvalue weighted by atomic mass is 10.2. The number of hydrogen-bond acceptors (Lipinski definition) is 22. The molecule has 11 heterocycles. The van der Waals surface area contributed by atoms with E-state index in [-0.39, 0.29) is 0 Å². The van der Waals surface area contributed by atoms with Gasteiger partial charge in [-0.3, -0.25) is 15.0 Å². The normalized spacial score (nSPS) is 11.5. The Morgan fingerprint density at radius 3 is 1.34 bits per heavy atom. The molecule has 0 aliphatic heterocycles. The number of halogens is 3.